The molecule has 96 valence electrons. The fourth-order valence-electron chi connectivity index (χ4n) is 3.76. The van der Waals surface area contributed by atoms with Crippen molar-refractivity contribution in [2.24, 2.45) is 10.8 Å². The normalized spacial score (nSPS) is 28.4. The Kier molecular flexibility index (Phi) is 2.71. The van der Waals surface area contributed by atoms with Gasteiger partial charge in [-0.25, -0.2) is 4.79 Å². The van der Waals surface area contributed by atoms with Gasteiger partial charge in [0.25, 0.3) is 0 Å². The van der Waals surface area contributed by atoms with Crippen LogP contribution in [-0.2, 0) is 4.79 Å². The summed E-state index contributed by atoms with van der Waals surface area (Å²) in [5, 5.41) is 2.37. The third-order valence-corrected chi connectivity index (χ3v) is 3.80. The average molecular weight is 238 g/mol. The predicted molar refractivity (Wildman–Crippen MR) is 65.4 cm³/mol. The summed E-state index contributed by atoms with van der Waals surface area (Å²) >= 11 is 0. The van der Waals surface area contributed by atoms with Crippen molar-refractivity contribution in [2.75, 3.05) is 6.54 Å². The molecule has 0 radical (unpaired) electrons. The minimum atomic E-state index is -0.214. The molecule has 0 atom stereocenters. The van der Waals surface area contributed by atoms with Crippen LogP contribution in [-0.4, -0.2) is 29.4 Å². The molecule has 1 aliphatic carbocycles. The van der Waals surface area contributed by atoms with E-state index in [0.717, 1.165) is 12.8 Å². The van der Waals surface area contributed by atoms with Gasteiger partial charge in [0, 0.05) is 6.04 Å². The molecule has 0 spiro atoms. The minimum absolute atomic E-state index is 0.170. The summed E-state index contributed by atoms with van der Waals surface area (Å²) in [6.45, 7) is 9.22. The number of rotatable bonds is 1. The van der Waals surface area contributed by atoms with Crippen molar-refractivity contribution in [1.82, 2.24) is 10.2 Å². The van der Waals surface area contributed by atoms with Gasteiger partial charge in [-0.1, -0.05) is 27.7 Å². The van der Waals surface area contributed by atoms with Crippen LogP contribution in [0, 0.1) is 10.8 Å². The van der Waals surface area contributed by atoms with Gasteiger partial charge in [-0.15, -0.1) is 0 Å². The lowest BCUT2D eigenvalue weighted by Crippen LogP contribution is -2.47. The Morgan fingerprint density at radius 2 is 1.65 bits per heavy atom. The molecule has 1 N–H and O–H groups in total. The summed E-state index contributed by atoms with van der Waals surface area (Å²) in [5.41, 5.74) is 0.469. The fraction of sp³-hybridized carbons (Fsp3) is 0.846. The summed E-state index contributed by atoms with van der Waals surface area (Å²) in [4.78, 5) is 24.7. The molecule has 3 amide bonds. The second-order valence-electron chi connectivity index (χ2n) is 7.05. The van der Waals surface area contributed by atoms with E-state index >= 15 is 0 Å². The van der Waals surface area contributed by atoms with Crippen LogP contribution in [0.25, 0.3) is 0 Å². The molecule has 0 bridgehead atoms. The molecule has 4 nitrogen and oxygen atoms in total. The minimum Gasteiger partial charge on any atom is -0.312 e. The molecule has 0 unspecified atom stereocenters. The Labute approximate surface area is 103 Å². The van der Waals surface area contributed by atoms with E-state index in [2.05, 4.69) is 33.0 Å². The molecular weight excluding hydrogens is 216 g/mol. The molecule has 0 aromatic heterocycles. The van der Waals surface area contributed by atoms with Crippen LogP contribution < -0.4 is 5.32 Å². The standard InChI is InChI=1S/C13H22N2O2/c1-12(2)5-9(6-13(3,4)8-12)15-7-10(16)14-11(15)17/h9H,5-8H2,1-4H3,(H,14,16,17). The van der Waals surface area contributed by atoms with Gasteiger partial charge in [0.15, 0.2) is 0 Å². The highest BCUT2D eigenvalue weighted by Gasteiger charge is 2.43. The summed E-state index contributed by atoms with van der Waals surface area (Å²) < 4.78 is 0. The third kappa shape index (κ3) is 2.61. The van der Waals surface area contributed by atoms with Gasteiger partial charge in [0.2, 0.25) is 5.91 Å². The molecule has 1 saturated carbocycles. The van der Waals surface area contributed by atoms with E-state index in [1.807, 2.05) is 0 Å². The molecule has 2 rings (SSSR count). The third-order valence-electron chi connectivity index (χ3n) is 3.80. The van der Waals surface area contributed by atoms with Crippen molar-refractivity contribution in [1.29, 1.82) is 0 Å². The predicted octanol–water partition coefficient (Wildman–Crippen LogP) is 2.14. The first-order valence-electron chi connectivity index (χ1n) is 6.29. The first kappa shape index (κ1) is 12.4. The number of carbonyl (C=O) groups excluding carboxylic acids is 2. The summed E-state index contributed by atoms with van der Waals surface area (Å²) in [6.07, 6.45) is 3.13. The molecule has 2 fully saturated rings. The molecule has 1 aliphatic heterocycles. The first-order valence-corrected chi connectivity index (χ1v) is 6.29. The quantitative estimate of drug-likeness (QED) is 0.711. The summed E-state index contributed by atoms with van der Waals surface area (Å²) in [6, 6.07) is -0.0197. The highest BCUT2D eigenvalue weighted by atomic mass is 16.2. The zero-order valence-corrected chi connectivity index (χ0v) is 11.2. The highest BCUT2D eigenvalue weighted by molar-refractivity contribution is 6.02. The van der Waals surface area contributed by atoms with Crippen LogP contribution in [0.5, 0.6) is 0 Å². The van der Waals surface area contributed by atoms with E-state index < -0.39 is 0 Å². The van der Waals surface area contributed by atoms with Crippen molar-refractivity contribution in [3.63, 3.8) is 0 Å². The number of urea groups is 1. The van der Waals surface area contributed by atoms with Gasteiger partial charge in [0.05, 0.1) is 0 Å². The molecule has 0 aromatic carbocycles. The average Bonchev–Trinajstić information content (AvgIpc) is 2.39. The fourth-order valence-corrected chi connectivity index (χ4v) is 3.76. The van der Waals surface area contributed by atoms with Crippen molar-refractivity contribution >= 4 is 11.9 Å². The maximum absolute atomic E-state index is 11.7. The lowest BCUT2D eigenvalue weighted by Gasteiger charge is -2.47. The van der Waals surface area contributed by atoms with E-state index in [1.54, 1.807) is 4.90 Å². The summed E-state index contributed by atoms with van der Waals surface area (Å²) in [5.74, 6) is -0.170. The largest absolute Gasteiger partial charge is 0.324 e. The van der Waals surface area contributed by atoms with Gasteiger partial charge in [-0.2, -0.15) is 0 Å². The second-order valence-corrected chi connectivity index (χ2v) is 7.05. The lowest BCUT2D eigenvalue weighted by molar-refractivity contribution is -0.118. The first-order chi connectivity index (χ1) is 7.69. The Bertz CT molecular complexity index is 344. The zero-order valence-electron chi connectivity index (χ0n) is 11.2. The Morgan fingerprint density at radius 3 is 2.06 bits per heavy atom. The number of imide groups is 1. The topological polar surface area (TPSA) is 49.4 Å². The molecule has 0 aromatic rings. The molecule has 1 heterocycles. The molecule has 1 saturated heterocycles. The van der Waals surface area contributed by atoms with Crippen LogP contribution in [0.3, 0.4) is 0 Å². The van der Waals surface area contributed by atoms with E-state index in [0.29, 0.717) is 0 Å². The lowest BCUT2D eigenvalue weighted by atomic mass is 9.63. The monoisotopic (exact) mass is 238 g/mol. The van der Waals surface area contributed by atoms with Gasteiger partial charge >= 0.3 is 6.03 Å². The number of hydrogen-bond acceptors (Lipinski definition) is 2. The number of nitrogens with one attached hydrogen (secondary N) is 1. The Balaban J connectivity index is 2.16. The van der Waals surface area contributed by atoms with E-state index in [9.17, 15) is 9.59 Å². The van der Waals surface area contributed by atoms with Crippen LogP contribution >= 0.6 is 0 Å². The van der Waals surface area contributed by atoms with Gasteiger partial charge in [0.1, 0.15) is 6.54 Å². The van der Waals surface area contributed by atoms with Gasteiger partial charge in [-0.05, 0) is 30.1 Å². The van der Waals surface area contributed by atoms with Crippen molar-refractivity contribution in [2.45, 2.75) is 53.0 Å². The van der Waals surface area contributed by atoms with Crippen molar-refractivity contribution in [3.8, 4) is 0 Å². The van der Waals surface area contributed by atoms with Crippen LogP contribution in [0.2, 0.25) is 0 Å². The number of hydrogen-bond donors (Lipinski definition) is 1. The van der Waals surface area contributed by atoms with Crippen LogP contribution in [0.15, 0.2) is 0 Å². The smallest absolute Gasteiger partial charge is 0.312 e. The summed E-state index contributed by atoms with van der Waals surface area (Å²) in [7, 11) is 0. The molecule has 4 heteroatoms. The Hall–Kier alpha value is -1.06. The molecular formula is C13H22N2O2. The Morgan fingerprint density at radius 1 is 1.12 bits per heavy atom. The van der Waals surface area contributed by atoms with E-state index in [4.69, 9.17) is 0 Å². The number of amides is 3. The van der Waals surface area contributed by atoms with E-state index in [1.165, 1.54) is 6.42 Å². The van der Waals surface area contributed by atoms with Crippen LogP contribution in [0.1, 0.15) is 47.0 Å². The second kappa shape index (κ2) is 3.72. The van der Waals surface area contributed by atoms with Gasteiger partial charge < -0.3 is 4.90 Å². The van der Waals surface area contributed by atoms with Crippen LogP contribution in [0.4, 0.5) is 4.79 Å². The zero-order chi connectivity index (χ0) is 12.8. The highest BCUT2D eigenvalue weighted by Crippen LogP contribution is 2.47. The SMILES string of the molecule is CC1(C)CC(N2CC(=O)NC2=O)CC(C)(C)C1. The van der Waals surface area contributed by atoms with Gasteiger partial charge in [-0.3, -0.25) is 10.1 Å². The molecule has 2 aliphatic rings. The van der Waals surface area contributed by atoms with Crippen molar-refractivity contribution < 1.29 is 9.59 Å². The maximum atomic E-state index is 11.7. The number of nitrogens with zero attached hydrogens (tertiary/aromatic N) is 1. The van der Waals surface area contributed by atoms with E-state index in [-0.39, 0.29) is 35.4 Å². The van der Waals surface area contributed by atoms with Crippen molar-refractivity contribution in [3.05, 3.63) is 0 Å². The number of carbonyl (C=O) groups is 2. The molecule has 17 heavy (non-hydrogen) atoms. The maximum Gasteiger partial charge on any atom is 0.324 e.